The van der Waals surface area contributed by atoms with Crippen LogP contribution in [0.3, 0.4) is 0 Å². The monoisotopic (exact) mass is 218 g/mol. The van der Waals surface area contributed by atoms with Crippen molar-refractivity contribution in [1.29, 1.82) is 0 Å². The zero-order valence-corrected chi connectivity index (χ0v) is 10.1. The van der Waals surface area contributed by atoms with Crippen molar-refractivity contribution in [1.82, 2.24) is 0 Å². The highest BCUT2D eigenvalue weighted by molar-refractivity contribution is 6.44. The summed E-state index contributed by atoms with van der Waals surface area (Å²) in [6.45, 7) is 7.72. The number of carbonyl (C=O) groups is 1. The van der Waals surface area contributed by atoms with Crippen LogP contribution in [-0.4, -0.2) is 28.5 Å². The first-order valence-electron chi connectivity index (χ1n) is 4.84. The molecule has 0 unspecified atom stereocenters. The van der Waals surface area contributed by atoms with Crippen LogP contribution in [0.15, 0.2) is 12.3 Å². The molecule has 1 aliphatic heterocycles. The molecule has 0 N–H and O–H groups in total. The quantitative estimate of drug-likeness (QED) is 0.516. The highest BCUT2D eigenvalue weighted by atomic mass is 28.3. The molecule has 5 heteroatoms. The van der Waals surface area contributed by atoms with E-state index in [9.17, 15) is 4.79 Å². The number of hydrogen-bond acceptors (Lipinski definition) is 4. The highest BCUT2D eigenvalue weighted by Gasteiger charge is 2.06. The van der Waals surface area contributed by atoms with Crippen LogP contribution in [0.25, 0.3) is 0 Å². The summed E-state index contributed by atoms with van der Waals surface area (Å²) in [4.78, 5) is 9.59. The molecule has 0 radical (unpaired) electrons. The van der Waals surface area contributed by atoms with Gasteiger partial charge in [0.2, 0.25) is 0 Å². The second-order valence-corrected chi connectivity index (χ2v) is 4.83. The minimum Gasteiger partial charge on any atom is -0.431 e. The standard InChI is InChI=1S/C6H16O2Si.C3H2O2/c1-4-7-9(6-3)8-5-2;4-3-1-2-5-3/h9H,4-6H2,1-3H3;1-2H. The fourth-order valence-corrected chi connectivity index (χ4v) is 2.09. The molecule has 0 amide bonds. The average Bonchev–Trinajstić information content (AvgIpc) is 2.15. The minimum absolute atomic E-state index is 0.245. The predicted molar refractivity (Wildman–Crippen MR) is 56.1 cm³/mol. The topological polar surface area (TPSA) is 44.8 Å². The van der Waals surface area contributed by atoms with Crippen molar-refractivity contribution < 1.29 is 18.4 Å². The maximum atomic E-state index is 9.59. The number of carbonyl (C=O) groups excluding carboxylic acids is 1. The molecule has 0 bridgehead atoms. The number of rotatable bonds is 5. The van der Waals surface area contributed by atoms with E-state index < -0.39 is 9.28 Å². The molecular formula is C9H18O4Si. The zero-order chi connectivity index (χ0) is 10.8. The Morgan fingerprint density at radius 1 is 1.29 bits per heavy atom. The molecule has 0 aromatic heterocycles. The largest absolute Gasteiger partial charge is 0.431 e. The molecule has 0 fully saturated rings. The Morgan fingerprint density at radius 2 is 1.71 bits per heavy atom. The van der Waals surface area contributed by atoms with Gasteiger partial charge in [0.25, 0.3) is 0 Å². The molecule has 4 nitrogen and oxygen atoms in total. The van der Waals surface area contributed by atoms with E-state index in [1.54, 1.807) is 0 Å². The van der Waals surface area contributed by atoms with Crippen LogP contribution in [0.1, 0.15) is 20.8 Å². The van der Waals surface area contributed by atoms with Gasteiger partial charge in [-0.15, -0.1) is 0 Å². The Bertz CT molecular complexity index is 176. The van der Waals surface area contributed by atoms with Gasteiger partial charge in [-0.05, 0) is 19.9 Å². The van der Waals surface area contributed by atoms with Gasteiger partial charge in [-0.2, -0.15) is 0 Å². The summed E-state index contributed by atoms with van der Waals surface area (Å²) in [6, 6.07) is 1.07. The van der Waals surface area contributed by atoms with E-state index in [4.69, 9.17) is 8.85 Å². The van der Waals surface area contributed by atoms with Crippen molar-refractivity contribution >= 4 is 15.3 Å². The Kier molecular flexibility index (Phi) is 8.51. The van der Waals surface area contributed by atoms with Crippen LogP contribution >= 0.6 is 0 Å². The minimum atomic E-state index is -1.21. The number of cyclic esters (lactones) is 1. The van der Waals surface area contributed by atoms with Crippen molar-refractivity contribution in [3.63, 3.8) is 0 Å². The van der Waals surface area contributed by atoms with Crippen molar-refractivity contribution in [3.8, 4) is 0 Å². The van der Waals surface area contributed by atoms with E-state index in [-0.39, 0.29) is 5.97 Å². The Morgan fingerprint density at radius 3 is 1.86 bits per heavy atom. The van der Waals surface area contributed by atoms with Gasteiger partial charge in [0, 0.05) is 13.2 Å². The first-order valence-corrected chi connectivity index (χ1v) is 6.60. The van der Waals surface area contributed by atoms with E-state index in [2.05, 4.69) is 11.7 Å². The predicted octanol–water partition coefficient (Wildman–Crippen LogP) is 1.36. The second-order valence-electron chi connectivity index (χ2n) is 2.49. The molecule has 1 aliphatic rings. The fraction of sp³-hybridized carbons (Fsp3) is 0.667. The van der Waals surface area contributed by atoms with Gasteiger partial charge < -0.3 is 13.6 Å². The van der Waals surface area contributed by atoms with E-state index in [0.29, 0.717) is 0 Å². The van der Waals surface area contributed by atoms with Gasteiger partial charge in [0.1, 0.15) is 6.26 Å². The molecule has 14 heavy (non-hydrogen) atoms. The summed E-state index contributed by atoms with van der Waals surface area (Å²) in [5.74, 6) is -0.245. The van der Waals surface area contributed by atoms with Gasteiger partial charge >= 0.3 is 15.3 Å². The summed E-state index contributed by atoms with van der Waals surface area (Å²) in [6.07, 6.45) is 2.71. The lowest BCUT2D eigenvalue weighted by atomic mass is 10.6. The zero-order valence-electron chi connectivity index (χ0n) is 8.99. The van der Waals surface area contributed by atoms with Crippen LogP contribution in [0, 0.1) is 0 Å². The lowest BCUT2D eigenvalue weighted by Gasteiger charge is -2.11. The average molecular weight is 218 g/mol. The second kappa shape index (κ2) is 8.92. The van der Waals surface area contributed by atoms with Gasteiger partial charge in [-0.25, -0.2) is 4.79 Å². The normalized spacial score (nSPS) is 13.0. The van der Waals surface area contributed by atoms with Gasteiger partial charge in [-0.3, -0.25) is 0 Å². The number of hydrogen-bond donors (Lipinski definition) is 0. The summed E-state index contributed by atoms with van der Waals surface area (Å²) in [5, 5.41) is 0. The molecule has 0 saturated heterocycles. The Labute approximate surface area is 86.7 Å². The van der Waals surface area contributed by atoms with E-state index in [1.807, 2.05) is 13.8 Å². The molecule has 0 saturated carbocycles. The third-order valence-electron chi connectivity index (χ3n) is 1.43. The van der Waals surface area contributed by atoms with Crippen LogP contribution < -0.4 is 0 Å². The molecule has 82 valence electrons. The molecule has 0 spiro atoms. The third-order valence-corrected chi connectivity index (χ3v) is 3.50. The lowest BCUT2D eigenvalue weighted by molar-refractivity contribution is -0.136. The van der Waals surface area contributed by atoms with Crippen LogP contribution in [-0.2, 0) is 18.4 Å². The third kappa shape index (κ3) is 6.82. The van der Waals surface area contributed by atoms with Gasteiger partial charge in [0.15, 0.2) is 0 Å². The van der Waals surface area contributed by atoms with Crippen LogP contribution in [0.4, 0.5) is 0 Å². The first kappa shape index (κ1) is 13.3. The molecule has 1 heterocycles. The maximum absolute atomic E-state index is 9.59. The first-order chi connectivity index (χ1) is 6.74. The molecular weight excluding hydrogens is 200 g/mol. The molecule has 0 aromatic carbocycles. The van der Waals surface area contributed by atoms with Crippen molar-refractivity contribution in [2.75, 3.05) is 13.2 Å². The SMILES string of the molecule is CCO[SiH](CC)OCC.O=C1C=CO1. The Balaban J connectivity index is 0.000000280. The summed E-state index contributed by atoms with van der Waals surface area (Å²) < 4.78 is 14.8. The fourth-order valence-electron chi connectivity index (χ4n) is 0.779. The smallest absolute Gasteiger partial charge is 0.338 e. The van der Waals surface area contributed by atoms with Crippen molar-refractivity contribution in [2.24, 2.45) is 0 Å². The molecule has 0 aromatic rings. The summed E-state index contributed by atoms with van der Waals surface area (Å²) in [7, 11) is -1.21. The van der Waals surface area contributed by atoms with Crippen molar-refractivity contribution in [2.45, 2.75) is 26.8 Å². The Hall–Kier alpha value is -0.653. The van der Waals surface area contributed by atoms with E-state index in [1.165, 1.54) is 12.3 Å². The molecule has 1 rings (SSSR count). The van der Waals surface area contributed by atoms with Crippen LogP contribution in [0.5, 0.6) is 0 Å². The van der Waals surface area contributed by atoms with E-state index >= 15 is 0 Å². The van der Waals surface area contributed by atoms with Crippen molar-refractivity contribution in [3.05, 3.63) is 12.3 Å². The lowest BCUT2D eigenvalue weighted by Crippen LogP contribution is -2.21. The summed E-state index contributed by atoms with van der Waals surface area (Å²) >= 11 is 0. The number of ether oxygens (including phenoxy) is 1. The van der Waals surface area contributed by atoms with Gasteiger partial charge in [-0.1, -0.05) is 6.92 Å². The van der Waals surface area contributed by atoms with E-state index in [0.717, 1.165) is 19.3 Å². The maximum Gasteiger partial charge on any atom is 0.338 e. The molecule has 0 atom stereocenters. The summed E-state index contributed by atoms with van der Waals surface area (Å²) in [5.41, 5.74) is 0. The number of esters is 1. The molecule has 0 aliphatic carbocycles. The van der Waals surface area contributed by atoms with Gasteiger partial charge in [0.05, 0.1) is 6.08 Å². The highest BCUT2D eigenvalue weighted by Crippen LogP contribution is 1.94. The van der Waals surface area contributed by atoms with Crippen LogP contribution in [0.2, 0.25) is 6.04 Å².